The van der Waals surface area contributed by atoms with Crippen molar-refractivity contribution in [1.82, 2.24) is 14.7 Å². The van der Waals surface area contributed by atoms with Crippen LogP contribution in [0.25, 0.3) is 5.65 Å². The first-order chi connectivity index (χ1) is 13.7. The summed E-state index contributed by atoms with van der Waals surface area (Å²) in [6.07, 6.45) is 8.92. The molecule has 7 heteroatoms. The number of hydrogen-bond donors (Lipinski definition) is 2. The number of hydrogen-bond acceptors (Lipinski definition) is 5. The van der Waals surface area contributed by atoms with E-state index in [0.717, 1.165) is 30.2 Å². The van der Waals surface area contributed by atoms with Gasteiger partial charge in [-0.1, -0.05) is 19.4 Å². The molecule has 2 aromatic rings. The Morgan fingerprint density at radius 3 is 2.62 bits per heavy atom. The van der Waals surface area contributed by atoms with Crippen molar-refractivity contribution < 1.29 is 9.53 Å². The Morgan fingerprint density at radius 2 is 2.14 bits per heavy atom. The molecule has 0 radical (unpaired) electrons. The zero-order valence-electron chi connectivity index (χ0n) is 17.9. The molecule has 158 valence electrons. The quantitative estimate of drug-likeness (QED) is 0.760. The van der Waals surface area contributed by atoms with Crippen molar-refractivity contribution in [3.8, 4) is 6.07 Å². The van der Waals surface area contributed by atoms with Crippen LogP contribution in [0.5, 0.6) is 0 Å². The molecule has 0 aliphatic heterocycles. The lowest BCUT2D eigenvalue weighted by atomic mass is 9.85. The number of nitrogens with zero attached hydrogens (tertiary/aromatic N) is 3. The Hall–Kier alpha value is -2.59. The van der Waals surface area contributed by atoms with Crippen molar-refractivity contribution in [2.75, 3.05) is 6.54 Å². The molecule has 3 N–H and O–H groups in total. The minimum atomic E-state index is -0.725. The second kappa shape index (κ2) is 10.3. The second-order valence-corrected chi connectivity index (χ2v) is 8.47. The molecule has 2 aromatic heterocycles. The van der Waals surface area contributed by atoms with Crippen LogP contribution in [0.15, 0.2) is 24.5 Å². The van der Waals surface area contributed by atoms with Gasteiger partial charge in [-0.25, -0.2) is 9.78 Å². The average Bonchev–Trinajstić information content (AvgIpc) is 3.00. The minimum absolute atomic E-state index is 0.118. The number of nitriles is 1. The number of aromatic nitrogens is 2. The first-order valence-electron chi connectivity index (χ1n) is 10.3. The first-order valence-corrected chi connectivity index (χ1v) is 10.3. The van der Waals surface area contributed by atoms with Crippen LogP contribution in [0.3, 0.4) is 0 Å². The highest BCUT2D eigenvalue weighted by molar-refractivity contribution is 5.65. The summed E-state index contributed by atoms with van der Waals surface area (Å²) in [5.41, 5.74) is 7.52. The maximum Gasteiger partial charge on any atom is 0.405 e. The fourth-order valence-electron chi connectivity index (χ4n) is 3.14. The number of aryl methyl sites for hydroxylation is 1. The van der Waals surface area contributed by atoms with E-state index in [4.69, 9.17) is 11.0 Å². The van der Waals surface area contributed by atoms with E-state index in [0.29, 0.717) is 6.42 Å². The summed E-state index contributed by atoms with van der Waals surface area (Å²) in [6, 6.07) is 6.56. The number of carbonyl (C=O) groups excluding carboxylic acids is 1. The van der Waals surface area contributed by atoms with Gasteiger partial charge in [0.05, 0.1) is 18.2 Å². The molecule has 0 bridgehead atoms. The maximum absolute atomic E-state index is 10.0. The van der Waals surface area contributed by atoms with Gasteiger partial charge in [-0.2, -0.15) is 5.26 Å². The molecule has 1 unspecified atom stereocenters. The SMILES string of the molecule is CC(C)(C)OC(N)=O.CCc1cn2cc(C(CC#N)NCC3CCC3)ccc2n1. The zero-order chi connectivity index (χ0) is 21.4. The lowest BCUT2D eigenvalue weighted by Gasteiger charge is -2.28. The molecule has 1 amide bonds. The van der Waals surface area contributed by atoms with Crippen molar-refractivity contribution in [2.45, 2.75) is 71.4 Å². The topological polar surface area (TPSA) is 105 Å². The molecule has 2 heterocycles. The number of nitrogens with two attached hydrogens (primary N) is 1. The summed E-state index contributed by atoms with van der Waals surface area (Å²) >= 11 is 0. The lowest BCUT2D eigenvalue weighted by molar-refractivity contribution is 0.0600. The predicted octanol–water partition coefficient (Wildman–Crippen LogP) is 4.12. The highest BCUT2D eigenvalue weighted by atomic mass is 16.6. The van der Waals surface area contributed by atoms with Crippen LogP contribution in [-0.4, -0.2) is 27.6 Å². The van der Waals surface area contributed by atoms with E-state index in [2.05, 4.69) is 50.9 Å². The van der Waals surface area contributed by atoms with Gasteiger partial charge in [-0.05, 0) is 64.1 Å². The molecule has 1 fully saturated rings. The van der Waals surface area contributed by atoms with E-state index >= 15 is 0 Å². The van der Waals surface area contributed by atoms with E-state index in [1.165, 1.54) is 24.8 Å². The lowest BCUT2D eigenvalue weighted by Crippen LogP contribution is -2.30. The van der Waals surface area contributed by atoms with Gasteiger partial charge in [-0.3, -0.25) is 0 Å². The molecular formula is C22H33N5O2. The number of carbonyl (C=O) groups is 1. The van der Waals surface area contributed by atoms with Crippen LogP contribution < -0.4 is 11.1 Å². The summed E-state index contributed by atoms with van der Waals surface area (Å²) < 4.78 is 6.65. The summed E-state index contributed by atoms with van der Waals surface area (Å²) in [7, 11) is 0. The van der Waals surface area contributed by atoms with Gasteiger partial charge < -0.3 is 20.2 Å². The molecule has 7 nitrogen and oxygen atoms in total. The maximum atomic E-state index is 10.0. The number of rotatable bonds is 6. The Morgan fingerprint density at radius 1 is 1.41 bits per heavy atom. The molecule has 0 spiro atoms. The average molecular weight is 400 g/mol. The summed E-state index contributed by atoms with van der Waals surface area (Å²) in [4.78, 5) is 14.6. The molecule has 1 saturated carbocycles. The third-order valence-electron chi connectivity index (χ3n) is 4.87. The molecule has 3 rings (SSSR count). The number of fused-ring (bicyclic) bond motifs is 1. The highest BCUT2D eigenvalue weighted by Gasteiger charge is 2.20. The van der Waals surface area contributed by atoms with Crippen molar-refractivity contribution in [1.29, 1.82) is 5.26 Å². The Bertz CT molecular complexity index is 843. The van der Waals surface area contributed by atoms with E-state index in [1.807, 2.05) is 6.07 Å². The first kappa shape index (κ1) is 22.7. The molecule has 0 aromatic carbocycles. The van der Waals surface area contributed by atoms with Gasteiger partial charge in [-0.15, -0.1) is 0 Å². The van der Waals surface area contributed by atoms with E-state index in [9.17, 15) is 4.79 Å². The molecule has 1 aliphatic rings. The van der Waals surface area contributed by atoms with Crippen molar-refractivity contribution >= 4 is 11.7 Å². The van der Waals surface area contributed by atoms with Crippen molar-refractivity contribution in [3.63, 3.8) is 0 Å². The molecule has 1 aliphatic carbocycles. The van der Waals surface area contributed by atoms with Crippen LogP contribution in [0.2, 0.25) is 0 Å². The van der Waals surface area contributed by atoms with Gasteiger partial charge in [0.1, 0.15) is 11.2 Å². The van der Waals surface area contributed by atoms with E-state index in [1.54, 1.807) is 20.8 Å². The standard InChI is InChI=1S/C17H22N4.C5H11NO2/c1-2-15-12-21-11-14(6-7-17(21)20-15)16(8-9-18)19-10-13-4-3-5-13;1-5(2,3)8-4(6)7/h6-7,11-13,16,19H,2-5,8,10H2,1H3;1-3H3,(H2,6,7). The smallest absolute Gasteiger partial charge is 0.405 e. The second-order valence-electron chi connectivity index (χ2n) is 8.47. The van der Waals surface area contributed by atoms with Gasteiger partial charge in [0.25, 0.3) is 0 Å². The monoisotopic (exact) mass is 399 g/mol. The summed E-state index contributed by atoms with van der Waals surface area (Å²) in [5, 5.41) is 12.6. The third kappa shape index (κ3) is 7.39. The largest absolute Gasteiger partial charge is 0.444 e. The number of imidazole rings is 1. The Labute approximate surface area is 173 Å². The van der Waals surface area contributed by atoms with E-state index < -0.39 is 11.7 Å². The van der Waals surface area contributed by atoms with E-state index in [-0.39, 0.29) is 6.04 Å². The predicted molar refractivity (Wildman–Crippen MR) is 113 cm³/mol. The number of ether oxygens (including phenoxy) is 1. The third-order valence-corrected chi connectivity index (χ3v) is 4.87. The van der Waals surface area contributed by atoms with Crippen molar-refractivity contribution in [3.05, 3.63) is 35.8 Å². The van der Waals surface area contributed by atoms with Crippen LogP contribution in [0.4, 0.5) is 4.79 Å². The van der Waals surface area contributed by atoms with Crippen molar-refractivity contribution in [2.24, 2.45) is 11.7 Å². The van der Waals surface area contributed by atoms with Gasteiger partial charge in [0, 0.05) is 18.4 Å². The van der Waals surface area contributed by atoms with Gasteiger partial charge >= 0.3 is 6.09 Å². The molecule has 29 heavy (non-hydrogen) atoms. The summed E-state index contributed by atoms with van der Waals surface area (Å²) in [6.45, 7) is 8.42. The van der Waals surface area contributed by atoms with Gasteiger partial charge in [0.15, 0.2) is 0 Å². The van der Waals surface area contributed by atoms with Crippen LogP contribution in [0, 0.1) is 17.2 Å². The molecular weight excluding hydrogens is 366 g/mol. The molecule has 1 atom stereocenters. The number of nitrogens with one attached hydrogen (secondary N) is 1. The fourth-order valence-corrected chi connectivity index (χ4v) is 3.14. The minimum Gasteiger partial charge on any atom is -0.444 e. The highest BCUT2D eigenvalue weighted by Crippen LogP contribution is 2.27. The number of pyridine rings is 1. The van der Waals surface area contributed by atoms with Crippen LogP contribution >= 0.6 is 0 Å². The number of primary amides is 1. The van der Waals surface area contributed by atoms with Crippen LogP contribution in [0.1, 0.15) is 70.7 Å². The Balaban J connectivity index is 0.000000321. The summed E-state index contributed by atoms with van der Waals surface area (Å²) in [5.74, 6) is 0.801. The Kier molecular flexibility index (Phi) is 8.03. The number of amides is 1. The molecule has 0 saturated heterocycles. The van der Waals surface area contributed by atoms with Crippen LogP contribution in [-0.2, 0) is 11.2 Å². The zero-order valence-corrected chi connectivity index (χ0v) is 17.9. The van der Waals surface area contributed by atoms with Gasteiger partial charge in [0.2, 0.25) is 0 Å². The normalized spacial score (nSPS) is 15.0. The fraction of sp³-hybridized carbons (Fsp3) is 0.591.